The summed E-state index contributed by atoms with van der Waals surface area (Å²) in [6.07, 6.45) is 1.48. The van der Waals surface area contributed by atoms with E-state index in [4.69, 9.17) is 4.74 Å². The zero-order chi connectivity index (χ0) is 16.1. The van der Waals surface area contributed by atoms with E-state index in [0.717, 1.165) is 36.1 Å². The number of piperidine rings is 1. The summed E-state index contributed by atoms with van der Waals surface area (Å²) in [7, 11) is 1.42. The van der Waals surface area contributed by atoms with Crippen molar-refractivity contribution in [2.45, 2.75) is 25.8 Å². The molecule has 1 atom stereocenters. The van der Waals surface area contributed by atoms with E-state index in [1.165, 1.54) is 7.11 Å². The van der Waals surface area contributed by atoms with Gasteiger partial charge in [-0.2, -0.15) is 0 Å². The minimum absolute atomic E-state index is 0.0289. The quantitative estimate of drug-likeness (QED) is 0.830. The predicted octanol–water partition coefficient (Wildman–Crippen LogP) is 2.66. The van der Waals surface area contributed by atoms with E-state index in [1.807, 2.05) is 31.2 Å². The highest BCUT2D eigenvalue weighted by molar-refractivity contribution is 9.10. The largest absolute Gasteiger partial charge is 0.469 e. The molecule has 0 saturated carbocycles. The lowest BCUT2D eigenvalue weighted by molar-refractivity contribution is -0.147. The van der Waals surface area contributed by atoms with Crippen LogP contribution in [0.1, 0.15) is 19.8 Å². The smallest absolute Gasteiger partial charge is 0.308 e. The van der Waals surface area contributed by atoms with E-state index < -0.39 is 0 Å². The van der Waals surface area contributed by atoms with Gasteiger partial charge in [-0.15, -0.1) is 0 Å². The highest BCUT2D eigenvalue weighted by Gasteiger charge is 2.30. The lowest BCUT2D eigenvalue weighted by Crippen LogP contribution is -2.47. The van der Waals surface area contributed by atoms with Gasteiger partial charge in [-0.25, -0.2) is 0 Å². The number of rotatable bonds is 4. The van der Waals surface area contributed by atoms with Crippen LogP contribution in [0.5, 0.6) is 0 Å². The van der Waals surface area contributed by atoms with E-state index in [1.54, 1.807) is 0 Å². The van der Waals surface area contributed by atoms with Crippen LogP contribution in [-0.2, 0) is 14.3 Å². The number of methoxy groups -OCH3 is 1. The van der Waals surface area contributed by atoms with Gasteiger partial charge in [0.25, 0.3) is 0 Å². The van der Waals surface area contributed by atoms with Gasteiger partial charge >= 0.3 is 5.97 Å². The molecule has 5 nitrogen and oxygen atoms in total. The second-order valence-electron chi connectivity index (χ2n) is 5.51. The van der Waals surface area contributed by atoms with Crippen LogP contribution in [0.15, 0.2) is 28.7 Å². The first-order chi connectivity index (χ1) is 10.5. The number of esters is 1. The Morgan fingerprint density at radius 1 is 1.27 bits per heavy atom. The van der Waals surface area contributed by atoms with Gasteiger partial charge in [0.15, 0.2) is 0 Å². The summed E-state index contributed by atoms with van der Waals surface area (Å²) in [5.74, 6) is -0.214. The number of benzene rings is 1. The first-order valence-corrected chi connectivity index (χ1v) is 8.19. The van der Waals surface area contributed by atoms with Crippen molar-refractivity contribution < 1.29 is 14.3 Å². The maximum absolute atomic E-state index is 12.3. The fraction of sp³-hybridized carbons (Fsp3) is 0.500. The molecule has 6 heteroatoms. The molecule has 22 heavy (non-hydrogen) atoms. The van der Waals surface area contributed by atoms with Gasteiger partial charge in [0, 0.05) is 10.2 Å². The molecule has 0 bridgehead atoms. The van der Waals surface area contributed by atoms with E-state index in [2.05, 4.69) is 26.1 Å². The van der Waals surface area contributed by atoms with Crippen molar-refractivity contribution in [1.82, 2.24) is 4.90 Å². The van der Waals surface area contributed by atoms with Gasteiger partial charge in [0.1, 0.15) is 0 Å². The summed E-state index contributed by atoms with van der Waals surface area (Å²) in [6.45, 7) is 3.36. The van der Waals surface area contributed by atoms with Crippen LogP contribution in [0.25, 0.3) is 0 Å². The Hall–Kier alpha value is -1.40. The van der Waals surface area contributed by atoms with Crippen LogP contribution < -0.4 is 5.32 Å². The fourth-order valence-electron chi connectivity index (χ4n) is 2.63. The number of nitrogens with zero attached hydrogens (tertiary/aromatic N) is 1. The molecule has 1 saturated heterocycles. The van der Waals surface area contributed by atoms with Crippen molar-refractivity contribution in [3.63, 3.8) is 0 Å². The lowest BCUT2D eigenvalue weighted by Gasteiger charge is -2.34. The number of likely N-dealkylation sites (tertiary alicyclic amines) is 1. The summed E-state index contributed by atoms with van der Waals surface area (Å²) in [6, 6.07) is 7.28. The molecule has 2 rings (SSSR count). The topological polar surface area (TPSA) is 58.6 Å². The molecular weight excluding hydrogens is 348 g/mol. The van der Waals surface area contributed by atoms with Crippen molar-refractivity contribution in [3.05, 3.63) is 28.7 Å². The first kappa shape index (κ1) is 17.0. The number of nitrogens with one attached hydrogen (secondary N) is 1. The number of halogens is 1. The number of hydrogen-bond acceptors (Lipinski definition) is 4. The van der Waals surface area contributed by atoms with Gasteiger partial charge in [-0.3, -0.25) is 14.5 Å². The van der Waals surface area contributed by atoms with Crippen LogP contribution in [-0.4, -0.2) is 43.0 Å². The summed E-state index contributed by atoms with van der Waals surface area (Å²) in [4.78, 5) is 25.9. The van der Waals surface area contributed by atoms with Gasteiger partial charge in [-0.1, -0.05) is 15.9 Å². The van der Waals surface area contributed by atoms with Crippen molar-refractivity contribution >= 4 is 33.5 Å². The average Bonchev–Trinajstić information content (AvgIpc) is 2.55. The summed E-state index contributed by atoms with van der Waals surface area (Å²) >= 11 is 3.37. The molecule has 0 aliphatic carbocycles. The van der Waals surface area contributed by atoms with E-state index >= 15 is 0 Å². The highest BCUT2D eigenvalue weighted by Crippen LogP contribution is 2.21. The number of hydrogen-bond donors (Lipinski definition) is 1. The first-order valence-electron chi connectivity index (χ1n) is 7.39. The van der Waals surface area contributed by atoms with E-state index in [-0.39, 0.29) is 23.8 Å². The second kappa shape index (κ2) is 7.74. The fourth-order valence-corrected chi connectivity index (χ4v) is 2.90. The third-order valence-corrected chi connectivity index (χ3v) is 4.63. The Morgan fingerprint density at radius 3 is 2.41 bits per heavy atom. The Bertz CT molecular complexity index is 525. The van der Waals surface area contributed by atoms with Crippen LogP contribution in [0.3, 0.4) is 0 Å². The number of ether oxygens (including phenoxy) is 1. The average molecular weight is 369 g/mol. The highest BCUT2D eigenvalue weighted by atomic mass is 79.9. The van der Waals surface area contributed by atoms with Gasteiger partial charge in [0.2, 0.25) is 5.91 Å². The maximum atomic E-state index is 12.3. The zero-order valence-corrected chi connectivity index (χ0v) is 14.4. The monoisotopic (exact) mass is 368 g/mol. The molecule has 0 aromatic heterocycles. The molecule has 1 N–H and O–H groups in total. The van der Waals surface area contributed by atoms with Gasteiger partial charge < -0.3 is 10.1 Å². The summed E-state index contributed by atoms with van der Waals surface area (Å²) in [5.41, 5.74) is 0.782. The molecule has 1 aromatic carbocycles. The summed E-state index contributed by atoms with van der Waals surface area (Å²) in [5, 5.41) is 2.92. The molecule has 0 spiro atoms. The Balaban J connectivity index is 1.86. The number of carbonyl (C=O) groups is 2. The van der Waals surface area contributed by atoms with Crippen molar-refractivity contribution in [2.24, 2.45) is 5.92 Å². The third kappa shape index (κ3) is 4.30. The van der Waals surface area contributed by atoms with Crippen molar-refractivity contribution in [3.8, 4) is 0 Å². The molecule has 1 amide bonds. The SMILES string of the molecule is COC(=O)C1CCN([C@H](C)C(=O)Nc2ccc(Br)cc2)CC1. The minimum Gasteiger partial charge on any atom is -0.469 e. The molecule has 1 fully saturated rings. The molecule has 1 aliphatic heterocycles. The van der Waals surface area contributed by atoms with Crippen LogP contribution in [0.2, 0.25) is 0 Å². The second-order valence-corrected chi connectivity index (χ2v) is 6.42. The maximum Gasteiger partial charge on any atom is 0.308 e. The van der Waals surface area contributed by atoms with Crippen molar-refractivity contribution in [1.29, 1.82) is 0 Å². The Labute approximate surface area is 139 Å². The number of anilines is 1. The molecule has 120 valence electrons. The van der Waals surface area contributed by atoms with Crippen molar-refractivity contribution in [2.75, 3.05) is 25.5 Å². The normalized spacial score (nSPS) is 17.8. The molecule has 0 unspecified atom stereocenters. The Kier molecular flexibility index (Phi) is 5.97. The Morgan fingerprint density at radius 2 is 1.86 bits per heavy atom. The predicted molar refractivity (Wildman–Crippen MR) is 88.5 cm³/mol. The van der Waals surface area contributed by atoms with E-state index in [9.17, 15) is 9.59 Å². The number of amides is 1. The standard InChI is InChI=1S/C16H21BrN2O3/c1-11(15(20)18-14-5-3-13(17)4-6-14)19-9-7-12(8-10-19)16(21)22-2/h3-6,11-12H,7-10H2,1-2H3,(H,18,20)/t11-/m1/s1. The number of carbonyl (C=O) groups excluding carboxylic acids is 2. The molecule has 1 aliphatic rings. The molecule has 1 aromatic rings. The molecule has 1 heterocycles. The van der Waals surface area contributed by atoms with Crippen LogP contribution in [0, 0.1) is 5.92 Å². The van der Waals surface area contributed by atoms with Gasteiger partial charge in [0.05, 0.1) is 19.1 Å². The van der Waals surface area contributed by atoms with Gasteiger partial charge in [-0.05, 0) is 57.1 Å². The summed E-state index contributed by atoms with van der Waals surface area (Å²) < 4.78 is 5.76. The van der Waals surface area contributed by atoms with Crippen LogP contribution >= 0.6 is 15.9 Å². The molecular formula is C16H21BrN2O3. The minimum atomic E-state index is -0.220. The lowest BCUT2D eigenvalue weighted by atomic mass is 9.96. The zero-order valence-electron chi connectivity index (χ0n) is 12.8. The van der Waals surface area contributed by atoms with E-state index in [0.29, 0.717) is 0 Å². The van der Waals surface area contributed by atoms with Crippen LogP contribution in [0.4, 0.5) is 5.69 Å². The molecule has 0 radical (unpaired) electrons. The third-order valence-electron chi connectivity index (χ3n) is 4.10.